The summed E-state index contributed by atoms with van der Waals surface area (Å²) >= 11 is 11.7. The molecule has 3 rings (SSSR count). The predicted molar refractivity (Wildman–Crippen MR) is 120 cm³/mol. The van der Waals surface area contributed by atoms with E-state index < -0.39 is 11.7 Å². The second-order valence-electron chi connectivity index (χ2n) is 8.00. The number of anilines is 1. The van der Waals surface area contributed by atoms with E-state index >= 15 is 0 Å². The highest BCUT2D eigenvalue weighted by molar-refractivity contribution is 7.80. The molecule has 5 nitrogen and oxygen atoms in total. The fourth-order valence-electron chi connectivity index (χ4n) is 3.03. The Bertz CT molecular complexity index is 927. The number of carbonyl (C=O) groups excluding carboxylic acids is 1. The second kappa shape index (κ2) is 8.59. The van der Waals surface area contributed by atoms with Gasteiger partial charge in [-0.2, -0.15) is 0 Å². The molecule has 7 heteroatoms. The maximum Gasteiger partial charge on any atom is 0.408 e. The van der Waals surface area contributed by atoms with Crippen LogP contribution in [0.1, 0.15) is 44.9 Å². The van der Waals surface area contributed by atoms with E-state index in [1.54, 1.807) is 0 Å². The lowest BCUT2D eigenvalue weighted by molar-refractivity contribution is 0.0503. The SMILES string of the molecule is CC1Oc2ccc(C(Cc3ccccc3Cl)NC(=O)OC(C)(C)C)cc2NC1=S. The fourth-order valence-corrected chi connectivity index (χ4v) is 3.40. The Morgan fingerprint density at radius 1 is 1.31 bits per heavy atom. The molecule has 0 fully saturated rings. The van der Waals surface area contributed by atoms with Crippen molar-refractivity contribution in [3.8, 4) is 5.75 Å². The van der Waals surface area contributed by atoms with Crippen LogP contribution in [0.4, 0.5) is 10.5 Å². The van der Waals surface area contributed by atoms with Gasteiger partial charge in [-0.1, -0.05) is 48.1 Å². The van der Waals surface area contributed by atoms with Crippen molar-refractivity contribution in [2.24, 2.45) is 0 Å². The van der Waals surface area contributed by atoms with Crippen LogP contribution in [-0.2, 0) is 11.2 Å². The third-order valence-corrected chi connectivity index (χ3v) is 5.21. The number of carbonyl (C=O) groups is 1. The van der Waals surface area contributed by atoms with Gasteiger partial charge in [0.2, 0.25) is 0 Å². The molecule has 1 aliphatic heterocycles. The Hall–Kier alpha value is -2.31. The van der Waals surface area contributed by atoms with E-state index in [0.717, 1.165) is 22.6 Å². The molecular weight excluding hydrogens is 408 g/mol. The number of alkyl carbamates (subject to hydrolysis) is 1. The summed E-state index contributed by atoms with van der Waals surface area (Å²) < 4.78 is 11.3. The van der Waals surface area contributed by atoms with E-state index in [4.69, 9.17) is 33.3 Å². The maximum absolute atomic E-state index is 12.5. The van der Waals surface area contributed by atoms with Crippen molar-refractivity contribution >= 4 is 40.6 Å². The summed E-state index contributed by atoms with van der Waals surface area (Å²) in [7, 11) is 0. The number of amides is 1. The zero-order valence-corrected chi connectivity index (χ0v) is 18.5. The van der Waals surface area contributed by atoms with Crippen LogP contribution in [0.25, 0.3) is 0 Å². The molecule has 2 unspecified atom stereocenters. The molecule has 2 aromatic carbocycles. The van der Waals surface area contributed by atoms with Gasteiger partial charge in [0.25, 0.3) is 0 Å². The molecule has 1 aliphatic rings. The largest absolute Gasteiger partial charge is 0.481 e. The molecule has 2 aromatic rings. The van der Waals surface area contributed by atoms with Gasteiger partial charge in [0.15, 0.2) is 0 Å². The lowest BCUT2D eigenvalue weighted by Gasteiger charge is -2.28. The molecule has 29 heavy (non-hydrogen) atoms. The molecule has 0 bridgehead atoms. The Balaban J connectivity index is 1.90. The molecule has 0 radical (unpaired) electrons. The van der Waals surface area contributed by atoms with Gasteiger partial charge in [0, 0.05) is 5.02 Å². The number of thiocarbonyl (C=S) groups is 1. The highest BCUT2D eigenvalue weighted by atomic mass is 35.5. The maximum atomic E-state index is 12.5. The first-order valence-corrected chi connectivity index (χ1v) is 10.3. The number of nitrogens with one attached hydrogen (secondary N) is 2. The van der Waals surface area contributed by atoms with E-state index in [9.17, 15) is 4.79 Å². The summed E-state index contributed by atoms with van der Waals surface area (Å²) in [5, 5.41) is 6.83. The Labute approximate surface area is 181 Å². The van der Waals surface area contributed by atoms with E-state index in [-0.39, 0.29) is 12.1 Å². The van der Waals surface area contributed by atoms with Gasteiger partial charge >= 0.3 is 6.09 Å². The van der Waals surface area contributed by atoms with Crippen LogP contribution in [0.15, 0.2) is 42.5 Å². The van der Waals surface area contributed by atoms with Crippen LogP contribution in [-0.4, -0.2) is 22.8 Å². The van der Waals surface area contributed by atoms with Crippen molar-refractivity contribution in [2.75, 3.05) is 5.32 Å². The van der Waals surface area contributed by atoms with Crippen LogP contribution >= 0.6 is 23.8 Å². The van der Waals surface area contributed by atoms with Gasteiger partial charge in [-0.3, -0.25) is 0 Å². The van der Waals surface area contributed by atoms with Gasteiger partial charge in [0.05, 0.1) is 11.7 Å². The Kier molecular flexibility index (Phi) is 6.34. The van der Waals surface area contributed by atoms with Crippen LogP contribution in [0.2, 0.25) is 5.02 Å². The van der Waals surface area contributed by atoms with Gasteiger partial charge in [-0.05, 0) is 63.4 Å². The molecule has 0 saturated heterocycles. The summed E-state index contributed by atoms with van der Waals surface area (Å²) in [5.74, 6) is 0.726. The smallest absolute Gasteiger partial charge is 0.408 e. The summed E-state index contributed by atoms with van der Waals surface area (Å²) in [6, 6.07) is 13.0. The number of hydrogen-bond donors (Lipinski definition) is 2. The van der Waals surface area contributed by atoms with Gasteiger partial charge < -0.3 is 20.1 Å². The summed E-state index contributed by atoms with van der Waals surface area (Å²) in [4.78, 5) is 13.1. The number of fused-ring (bicyclic) bond motifs is 1. The lowest BCUT2D eigenvalue weighted by atomic mass is 9.98. The monoisotopic (exact) mass is 432 g/mol. The molecule has 154 valence electrons. The zero-order valence-electron chi connectivity index (χ0n) is 16.9. The van der Waals surface area contributed by atoms with E-state index in [1.807, 2.05) is 70.2 Å². The van der Waals surface area contributed by atoms with E-state index in [0.29, 0.717) is 16.4 Å². The molecule has 2 N–H and O–H groups in total. The number of halogens is 1. The zero-order chi connectivity index (χ0) is 21.2. The molecule has 0 aliphatic carbocycles. The average Bonchev–Trinajstić information content (AvgIpc) is 2.62. The van der Waals surface area contributed by atoms with Crippen molar-refractivity contribution in [1.29, 1.82) is 0 Å². The Morgan fingerprint density at radius 2 is 2.03 bits per heavy atom. The number of rotatable bonds is 4. The van der Waals surface area contributed by atoms with Crippen molar-refractivity contribution in [1.82, 2.24) is 5.32 Å². The molecule has 0 saturated carbocycles. The summed E-state index contributed by atoms with van der Waals surface area (Å²) in [6.07, 6.45) is -0.151. The molecule has 0 aromatic heterocycles. The second-order valence-corrected chi connectivity index (χ2v) is 8.85. The van der Waals surface area contributed by atoms with Crippen LogP contribution < -0.4 is 15.4 Å². The quantitative estimate of drug-likeness (QED) is 0.609. The van der Waals surface area contributed by atoms with E-state index in [1.165, 1.54) is 0 Å². The minimum absolute atomic E-state index is 0.179. The van der Waals surface area contributed by atoms with Crippen LogP contribution in [0.5, 0.6) is 5.75 Å². The molecular formula is C22H25ClN2O3S. The normalized spacial score (nSPS) is 16.9. The van der Waals surface area contributed by atoms with Crippen molar-refractivity contribution < 1.29 is 14.3 Å². The fraction of sp³-hybridized carbons (Fsp3) is 0.364. The average molecular weight is 433 g/mol. The number of ether oxygens (including phenoxy) is 2. The highest BCUT2D eigenvalue weighted by Crippen LogP contribution is 2.34. The topological polar surface area (TPSA) is 59.6 Å². The Morgan fingerprint density at radius 3 is 2.72 bits per heavy atom. The van der Waals surface area contributed by atoms with Gasteiger partial charge in [-0.25, -0.2) is 4.79 Å². The molecule has 1 heterocycles. The van der Waals surface area contributed by atoms with E-state index in [2.05, 4.69) is 10.6 Å². The van der Waals surface area contributed by atoms with Crippen LogP contribution in [0, 0.1) is 0 Å². The minimum atomic E-state index is -0.591. The number of hydrogen-bond acceptors (Lipinski definition) is 4. The van der Waals surface area contributed by atoms with Crippen molar-refractivity contribution in [2.45, 2.75) is 51.9 Å². The van der Waals surface area contributed by atoms with Crippen LogP contribution in [0.3, 0.4) is 0 Å². The summed E-state index contributed by atoms with van der Waals surface area (Å²) in [5.41, 5.74) is 2.01. The number of benzene rings is 2. The third-order valence-electron chi connectivity index (χ3n) is 4.41. The molecule has 2 atom stereocenters. The van der Waals surface area contributed by atoms with Crippen molar-refractivity contribution in [3.05, 3.63) is 58.6 Å². The third kappa shape index (κ3) is 5.61. The first-order valence-electron chi connectivity index (χ1n) is 9.47. The first-order chi connectivity index (χ1) is 13.6. The van der Waals surface area contributed by atoms with Crippen molar-refractivity contribution in [3.63, 3.8) is 0 Å². The molecule has 1 amide bonds. The minimum Gasteiger partial charge on any atom is -0.481 e. The summed E-state index contributed by atoms with van der Waals surface area (Å²) in [6.45, 7) is 7.39. The first kappa shape index (κ1) is 21.4. The van der Waals surface area contributed by atoms with Gasteiger partial charge in [-0.15, -0.1) is 0 Å². The van der Waals surface area contributed by atoms with Gasteiger partial charge in [0.1, 0.15) is 22.4 Å². The molecule has 0 spiro atoms. The standard InChI is InChI=1S/C22H25ClN2O3S/c1-13-20(29)24-18-12-15(9-10-19(18)27-13)17(25-21(26)28-22(2,3)4)11-14-7-5-6-8-16(14)23/h5-10,12-13,17H,11H2,1-4H3,(H,24,29)(H,25,26). The highest BCUT2D eigenvalue weighted by Gasteiger charge is 2.25. The predicted octanol–water partition coefficient (Wildman–Crippen LogP) is 5.67. The lowest BCUT2D eigenvalue weighted by Crippen LogP contribution is -2.36.